The van der Waals surface area contributed by atoms with Crippen molar-refractivity contribution in [3.05, 3.63) is 0 Å². The van der Waals surface area contributed by atoms with Crippen LogP contribution in [0.4, 0.5) is 0 Å². The van der Waals surface area contributed by atoms with E-state index in [1.807, 2.05) is 0 Å². The predicted octanol–water partition coefficient (Wildman–Crippen LogP) is 2.02. The zero-order chi connectivity index (χ0) is 10.3. The van der Waals surface area contributed by atoms with E-state index in [-0.39, 0.29) is 6.10 Å². The number of aliphatic hydroxyl groups is 1. The molecule has 3 rings (SSSR count). The van der Waals surface area contributed by atoms with Crippen molar-refractivity contribution in [2.45, 2.75) is 57.1 Å². The standard InChI is InChI=1S/C13H23NO/c15-13-6-4-12(5-7-13)14-8-10-2-1-3-11(10)9-14/h10-13,15H,1-9H2. The maximum atomic E-state index is 9.51. The van der Waals surface area contributed by atoms with E-state index >= 15 is 0 Å². The predicted molar refractivity (Wildman–Crippen MR) is 60.7 cm³/mol. The van der Waals surface area contributed by atoms with Gasteiger partial charge in [-0.2, -0.15) is 0 Å². The van der Waals surface area contributed by atoms with Gasteiger partial charge in [0.15, 0.2) is 0 Å². The second kappa shape index (κ2) is 4.06. The molecule has 0 amide bonds. The molecule has 15 heavy (non-hydrogen) atoms. The minimum absolute atomic E-state index is 0.00310. The molecular weight excluding hydrogens is 186 g/mol. The second-order valence-electron chi connectivity index (χ2n) is 5.87. The second-order valence-corrected chi connectivity index (χ2v) is 5.87. The Labute approximate surface area is 92.7 Å². The van der Waals surface area contributed by atoms with E-state index in [2.05, 4.69) is 4.90 Å². The van der Waals surface area contributed by atoms with Crippen LogP contribution >= 0.6 is 0 Å². The molecule has 1 heterocycles. The Hall–Kier alpha value is -0.0800. The van der Waals surface area contributed by atoms with Crippen LogP contribution in [0, 0.1) is 11.8 Å². The maximum Gasteiger partial charge on any atom is 0.0541 e. The van der Waals surface area contributed by atoms with Crippen molar-refractivity contribution in [2.75, 3.05) is 13.1 Å². The quantitative estimate of drug-likeness (QED) is 0.714. The smallest absolute Gasteiger partial charge is 0.0541 e. The summed E-state index contributed by atoms with van der Waals surface area (Å²) in [5, 5.41) is 9.51. The van der Waals surface area contributed by atoms with Gasteiger partial charge in [0.05, 0.1) is 6.10 Å². The van der Waals surface area contributed by atoms with Crippen LogP contribution in [-0.4, -0.2) is 35.2 Å². The Morgan fingerprint density at radius 2 is 1.40 bits per heavy atom. The number of nitrogens with zero attached hydrogens (tertiary/aromatic N) is 1. The third-order valence-electron chi connectivity index (χ3n) is 4.94. The third kappa shape index (κ3) is 1.94. The molecular formula is C13H23NO. The molecule has 0 aromatic heterocycles. The van der Waals surface area contributed by atoms with Crippen molar-refractivity contribution in [2.24, 2.45) is 11.8 Å². The lowest BCUT2D eigenvalue weighted by Crippen LogP contribution is -2.38. The molecule has 2 unspecified atom stereocenters. The number of hydrogen-bond donors (Lipinski definition) is 1. The first kappa shape index (κ1) is 10.1. The van der Waals surface area contributed by atoms with Gasteiger partial charge in [0.2, 0.25) is 0 Å². The molecule has 2 aliphatic carbocycles. The molecule has 2 atom stereocenters. The first-order valence-electron chi connectivity index (χ1n) is 6.75. The van der Waals surface area contributed by atoms with Crippen LogP contribution in [0.2, 0.25) is 0 Å². The van der Waals surface area contributed by atoms with Gasteiger partial charge in [0, 0.05) is 19.1 Å². The summed E-state index contributed by atoms with van der Waals surface area (Å²) in [6.07, 6.45) is 9.00. The highest BCUT2D eigenvalue weighted by atomic mass is 16.3. The summed E-state index contributed by atoms with van der Waals surface area (Å²) in [5.41, 5.74) is 0. The van der Waals surface area contributed by atoms with Crippen LogP contribution in [0.3, 0.4) is 0 Å². The minimum Gasteiger partial charge on any atom is -0.393 e. The van der Waals surface area contributed by atoms with Gasteiger partial charge < -0.3 is 5.11 Å². The van der Waals surface area contributed by atoms with E-state index in [1.54, 1.807) is 0 Å². The van der Waals surface area contributed by atoms with Gasteiger partial charge in [0.1, 0.15) is 0 Å². The van der Waals surface area contributed by atoms with Gasteiger partial charge in [-0.05, 0) is 50.4 Å². The van der Waals surface area contributed by atoms with Crippen molar-refractivity contribution < 1.29 is 5.11 Å². The number of likely N-dealkylation sites (tertiary alicyclic amines) is 1. The molecule has 1 saturated heterocycles. The molecule has 0 aromatic carbocycles. The highest BCUT2D eigenvalue weighted by Crippen LogP contribution is 2.40. The highest BCUT2D eigenvalue weighted by Gasteiger charge is 2.39. The molecule has 1 aliphatic heterocycles. The lowest BCUT2D eigenvalue weighted by atomic mass is 9.92. The lowest BCUT2D eigenvalue weighted by Gasteiger charge is -2.33. The molecule has 0 radical (unpaired) electrons. The van der Waals surface area contributed by atoms with Crippen molar-refractivity contribution in [1.29, 1.82) is 0 Å². The van der Waals surface area contributed by atoms with E-state index in [0.717, 1.165) is 30.7 Å². The summed E-state index contributed by atoms with van der Waals surface area (Å²) >= 11 is 0. The summed E-state index contributed by atoms with van der Waals surface area (Å²) in [6, 6.07) is 0.805. The van der Waals surface area contributed by atoms with Crippen LogP contribution in [0.5, 0.6) is 0 Å². The van der Waals surface area contributed by atoms with Crippen LogP contribution in [0.1, 0.15) is 44.9 Å². The first-order valence-corrected chi connectivity index (χ1v) is 6.75. The number of aliphatic hydroxyl groups excluding tert-OH is 1. The van der Waals surface area contributed by atoms with Crippen molar-refractivity contribution in [3.8, 4) is 0 Å². The Morgan fingerprint density at radius 3 is 2.00 bits per heavy atom. The average Bonchev–Trinajstić information content (AvgIpc) is 2.78. The van der Waals surface area contributed by atoms with Crippen molar-refractivity contribution >= 4 is 0 Å². The summed E-state index contributed by atoms with van der Waals surface area (Å²) in [5.74, 6) is 2.05. The Balaban J connectivity index is 1.56. The Morgan fingerprint density at radius 1 is 0.800 bits per heavy atom. The minimum atomic E-state index is 0.00310. The molecule has 3 aliphatic rings. The van der Waals surface area contributed by atoms with Gasteiger partial charge in [0.25, 0.3) is 0 Å². The zero-order valence-electron chi connectivity index (χ0n) is 9.57. The summed E-state index contributed by atoms with van der Waals surface area (Å²) in [4.78, 5) is 2.74. The van der Waals surface area contributed by atoms with E-state index in [0.29, 0.717) is 0 Å². The molecule has 2 nitrogen and oxygen atoms in total. The Bertz CT molecular complexity index is 211. The van der Waals surface area contributed by atoms with Crippen LogP contribution in [0.25, 0.3) is 0 Å². The third-order valence-corrected chi connectivity index (χ3v) is 4.94. The van der Waals surface area contributed by atoms with E-state index in [9.17, 15) is 5.11 Å². The lowest BCUT2D eigenvalue weighted by molar-refractivity contribution is 0.0805. The van der Waals surface area contributed by atoms with Gasteiger partial charge in [-0.15, -0.1) is 0 Å². The number of rotatable bonds is 1. The maximum absolute atomic E-state index is 9.51. The zero-order valence-corrected chi connectivity index (χ0v) is 9.57. The topological polar surface area (TPSA) is 23.5 Å². The molecule has 3 fully saturated rings. The number of hydrogen-bond acceptors (Lipinski definition) is 2. The normalized spacial score (nSPS) is 47.0. The van der Waals surface area contributed by atoms with Crippen LogP contribution in [0.15, 0.2) is 0 Å². The van der Waals surface area contributed by atoms with E-state index < -0.39 is 0 Å². The fourth-order valence-corrected chi connectivity index (χ4v) is 3.99. The number of fused-ring (bicyclic) bond motifs is 1. The molecule has 0 aromatic rings. The van der Waals surface area contributed by atoms with Gasteiger partial charge in [-0.3, -0.25) is 4.90 Å². The summed E-state index contributed by atoms with van der Waals surface area (Å²) < 4.78 is 0. The fraction of sp³-hybridized carbons (Fsp3) is 1.00. The molecule has 2 heteroatoms. The monoisotopic (exact) mass is 209 g/mol. The molecule has 2 saturated carbocycles. The van der Waals surface area contributed by atoms with Gasteiger partial charge in [-0.1, -0.05) is 6.42 Å². The average molecular weight is 209 g/mol. The van der Waals surface area contributed by atoms with Gasteiger partial charge >= 0.3 is 0 Å². The highest BCUT2D eigenvalue weighted by molar-refractivity contribution is 4.92. The van der Waals surface area contributed by atoms with Crippen molar-refractivity contribution in [3.63, 3.8) is 0 Å². The molecule has 86 valence electrons. The largest absolute Gasteiger partial charge is 0.393 e. The fourth-order valence-electron chi connectivity index (χ4n) is 3.99. The molecule has 0 spiro atoms. The van der Waals surface area contributed by atoms with Crippen molar-refractivity contribution in [1.82, 2.24) is 4.90 Å². The van der Waals surface area contributed by atoms with E-state index in [4.69, 9.17) is 0 Å². The first-order chi connectivity index (χ1) is 7.33. The van der Waals surface area contributed by atoms with Crippen LogP contribution in [-0.2, 0) is 0 Å². The SMILES string of the molecule is OC1CCC(N2CC3CCCC3C2)CC1. The molecule has 1 N–H and O–H groups in total. The van der Waals surface area contributed by atoms with E-state index in [1.165, 1.54) is 45.2 Å². The van der Waals surface area contributed by atoms with Crippen LogP contribution < -0.4 is 0 Å². The molecule has 0 bridgehead atoms. The Kier molecular flexibility index (Phi) is 2.73. The van der Waals surface area contributed by atoms with Gasteiger partial charge in [-0.25, -0.2) is 0 Å². The summed E-state index contributed by atoms with van der Waals surface area (Å²) in [7, 11) is 0. The summed E-state index contributed by atoms with van der Waals surface area (Å²) in [6.45, 7) is 2.73.